The zero-order valence-corrected chi connectivity index (χ0v) is 7.78. The van der Waals surface area contributed by atoms with Gasteiger partial charge in [0.2, 0.25) is 0 Å². The Morgan fingerprint density at radius 1 is 1.56 bits per heavy atom. The number of sulfone groups is 1. The summed E-state index contributed by atoms with van der Waals surface area (Å²) in [5.41, 5.74) is 0. The molecule has 9 heavy (non-hydrogen) atoms. The van der Waals surface area contributed by atoms with E-state index in [1.807, 2.05) is 22.9 Å². The largest absolute Gasteiger partial charge is 0.257 e. The summed E-state index contributed by atoms with van der Waals surface area (Å²) in [6, 6.07) is 0.190. The first kappa shape index (κ1) is 7.74. The van der Waals surface area contributed by atoms with Crippen molar-refractivity contribution in [1.82, 2.24) is 3.53 Å². The maximum absolute atomic E-state index is 10.8. The molecule has 0 bridgehead atoms. The van der Waals surface area contributed by atoms with Gasteiger partial charge in [-0.25, -0.2) is 8.42 Å². The molecule has 0 aliphatic carbocycles. The highest BCUT2D eigenvalue weighted by Gasteiger charge is 2.26. The molecule has 0 aromatic rings. The second-order valence-corrected chi connectivity index (χ2v) is 5.06. The van der Waals surface area contributed by atoms with Gasteiger partial charge in [0.25, 0.3) is 0 Å². The van der Waals surface area contributed by atoms with E-state index in [0.29, 0.717) is 11.5 Å². The van der Waals surface area contributed by atoms with E-state index in [-0.39, 0.29) is 6.04 Å². The quantitative estimate of drug-likeness (QED) is 0.538. The van der Waals surface area contributed by atoms with E-state index in [2.05, 4.69) is 3.53 Å². The average Bonchev–Trinajstić information content (AvgIpc) is 2.10. The van der Waals surface area contributed by atoms with Crippen LogP contribution in [0.3, 0.4) is 0 Å². The van der Waals surface area contributed by atoms with Crippen molar-refractivity contribution in [3.8, 4) is 0 Å². The lowest BCUT2D eigenvalue weighted by Gasteiger charge is -1.99. The molecule has 0 radical (unpaired) electrons. The minimum atomic E-state index is -2.67. The molecule has 0 saturated carbocycles. The number of nitrogens with one attached hydrogen (secondary N) is 1. The van der Waals surface area contributed by atoms with Gasteiger partial charge in [-0.3, -0.25) is 3.53 Å². The fourth-order valence-corrected chi connectivity index (χ4v) is 3.38. The Labute approximate surface area is 68.6 Å². The summed E-state index contributed by atoms with van der Waals surface area (Å²) >= 11 is 1.99. The first-order chi connectivity index (χ1) is 4.14. The summed E-state index contributed by atoms with van der Waals surface area (Å²) in [7, 11) is -2.67. The van der Waals surface area contributed by atoms with Crippen LogP contribution in [-0.4, -0.2) is 26.0 Å². The zero-order valence-electron chi connectivity index (χ0n) is 4.80. The highest BCUT2D eigenvalue weighted by molar-refractivity contribution is 14.1. The maximum Gasteiger partial charge on any atom is 0.151 e. The van der Waals surface area contributed by atoms with Gasteiger partial charge >= 0.3 is 0 Å². The van der Waals surface area contributed by atoms with Gasteiger partial charge in [0, 0.05) is 28.9 Å². The SMILES string of the molecule is O=S1(=O)CC[C@H](NI)C1. The highest BCUT2D eigenvalue weighted by atomic mass is 127. The van der Waals surface area contributed by atoms with E-state index < -0.39 is 9.84 Å². The first-order valence-corrected chi connectivity index (χ1v) is 5.60. The van der Waals surface area contributed by atoms with Gasteiger partial charge in [0.1, 0.15) is 0 Å². The fraction of sp³-hybridized carbons (Fsp3) is 1.00. The van der Waals surface area contributed by atoms with Crippen LogP contribution in [0.25, 0.3) is 0 Å². The third-order valence-electron chi connectivity index (χ3n) is 1.39. The van der Waals surface area contributed by atoms with Gasteiger partial charge in [-0.1, -0.05) is 0 Å². The average molecular weight is 261 g/mol. The molecule has 1 heterocycles. The minimum Gasteiger partial charge on any atom is -0.257 e. The summed E-state index contributed by atoms with van der Waals surface area (Å²) in [5, 5.41) is 0. The maximum atomic E-state index is 10.8. The van der Waals surface area contributed by atoms with E-state index in [4.69, 9.17) is 0 Å². The highest BCUT2D eigenvalue weighted by Crippen LogP contribution is 2.11. The third kappa shape index (κ3) is 2.05. The smallest absolute Gasteiger partial charge is 0.151 e. The van der Waals surface area contributed by atoms with Crippen molar-refractivity contribution in [3.63, 3.8) is 0 Å². The van der Waals surface area contributed by atoms with E-state index in [1.54, 1.807) is 0 Å². The topological polar surface area (TPSA) is 46.2 Å². The van der Waals surface area contributed by atoms with Gasteiger partial charge in [0.05, 0.1) is 11.5 Å². The molecular formula is C4H8INO2S. The molecule has 0 spiro atoms. The Morgan fingerprint density at radius 2 is 2.22 bits per heavy atom. The van der Waals surface area contributed by atoms with Crippen molar-refractivity contribution in [1.29, 1.82) is 0 Å². The fourth-order valence-electron chi connectivity index (χ4n) is 0.881. The summed E-state index contributed by atoms with van der Waals surface area (Å²) < 4.78 is 24.4. The molecule has 1 fully saturated rings. The molecule has 1 aliphatic rings. The lowest BCUT2D eigenvalue weighted by molar-refractivity contribution is 0.601. The number of rotatable bonds is 1. The van der Waals surface area contributed by atoms with Crippen molar-refractivity contribution >= 4 is 32.7 Å². The Morgan fingerprint density at radius 3 is 2.44 bits per heavy atom. The molecule has 0 unspecified atom stereocenters. The van der Waals surface area contributed by atoms with Gasteiger partial charge < -0.3 is 0 Å². The molecule has 1 saturated heterocycles. The van der Waals surface area contributed by atoms with Crippen LogP contribution in [0.15, 0.2) is 0 Å². The van der Waals surface area contributed by atoms with Crippen LogP contribution in [0.2, 0.25) is 0 Å². The van der Waals surface area contributed by atoms with Gasteiger partial charge in [-0.2, -0.15) is 0 Å². The van der Waals surface area contributed by atoms with E-state index in [0.717, 1.165) is 6.42 Å². The molecule has 0 aromatic heterocycles. The predicted octanol–water partition coefficient (Wildman–Crippen LogP) is 0.113. The second-order valence-electron chi connectivity index (χ2n) is 2.21. The summed E-state index contributed by atoms with van der Waals surface area (Å²) in [6.45, 7) is 0. The van der Waals surface area contributed by atoms with Crippen LogP contribution < -0.4 is 3.53 Å². The van der Waals surface area contributed by atoms with E-state index in [9.17, 15) is 8.42 Å². The Balaban J connectivity index is 2.58. The van der Waals surface area contributed by atoms with Crippen molar-refractivity contribution in [2.45, 2.75) is 12.5 Å². The van der Waals surface area contributed by atoms with E-state index >= 15 is 0 Å². The lowest BCUT2D eigenvalue weighted by Crippen LogP contribution is -2.20. The third-order valence-corrected chi connectivity index (χ3v) is 4.04. The van der Waals surface area contributed by atoms with E-state index in [1.165, 1.54) is 0 Å². The standard InChI is InChI=1S/C4H8INO2S/c5-6-4-1-2-9(7,8)3-4/h4,6H,1-3H2/t4-/m0/s1. The minimum absolute atomic E-state index is 0.190. The molecule has 1 N–H and O–H groups in total. The molecule has 5 heteroatoms. The van der Waals surface area contributed by atoms with Gasteiger partial charge in [-0.15, -0.1) is 0 Å². The first-order valence-electron chi connectivity index (χ1n) is 2.70. The van der Waals surface area contributed by atoms with Crippen LogP contribution in [0.5, 0.6) is 0 Å². The molecule has 1 aliphatic heterocycles. The molecule has 1 rings (SSSR count). The molecule has 0 aromatic carbocycles. The zero-order chi connectivity index (χ0) is 6.91. The van der Waals surface area contributed by atoms with Crippen molar-refractivity contribution in [2.75, 3.05) is 11.5 Å². The van der Waals surface area contributed by atoms with Crippen LogP contribution >= 0.6 is 22.9 Å². The number of hydrogen-bond acceptors (Lipinski definition) is 3. The van der Waals surface area contributed by atoms with Crippen molar-refractivity contribution < 1.29 is 8.42 Å². The van der Waals surface area contributed by atoms with Crippen LogP contribution in [0.4, 0.5) is 0 Å². The van der Waals surface area contributed by atoms with Crippen molar-refractivity contribution in [2.24, 2.45) is 0 Å². The second kappa shape index (κ2) is 2.71. The Bertz CT molecular complexity index is 189. The summed E-state index contributed by atoms with van der Waals surface area (Å²) in [5.74, 6) is 0.670. The molecule has 0 amide bonds. The van der Waals surface area contributed by atoms with Crippen molar-refractivity contribution in [3.05, 3.63) is 0 Å². The summed E-state index contributed by atoms with van der Waals surface area (Å²) in [4.78, 5) is 0. The number of halogens is 1. The van der Waals surface area contributed by atoms with Gasteiger partial charge in [0.15, 0.2) is 9.84 Å². The Hall–Kier alpha value is 0.640. The molecular weight excluding hydrogens is 253 g/mol. The molecule has 1 atom stereocenters. The normalized spacial score (nSPS) is 32.8. The van der Waals surface area contributed by atoms with Gasteiger partial charge in [-0.05, 0) is 6.42 Å². The predicted molar refractivity (Wildman–Crippen MR) is 44.2 cm³/mol. The van der Waals surface area contributed by atoms with Crippen LogP contribution in [0.1, 0.15) is 6.42 Å². The molecule has 54 valence electrons. The monoisotopic (exact) mass is 261 g/mol. The van der Waals surface area contributed by atoms with Crippen LogP contribution in [-0.2, 0) is 9.84 Å². The molecule has 3 nitrogen and oxygen atoms in total. The summed E-state index contributed by atoms with van der Waals surface area (Å²) in [6.07, 6.45) is 0.769. The Kier molecular flexibility index (Phi) is 2.33. The number of hydrogen-bond donors (Lipinski definition) is 1. The van der Waals surface area contributed by atoms with Crippen LogP contribution in [0, 0.1) is 0 Å². The lowest BCUT2D eigenvalue weighted by atomic mass is 10.3.